The molecule has 2 fully saturated rings. The van der Waals surface area contributed by atoms with Crippen LogP contribution in [0.25, 0.3) is 0 Å². The first-order valence-corrected chi connectivity index (χ1v) is 6.65. The van der Waals surface area contributed by atoms with Gasteiger partial charge in [0.25, 0.3) is 0 Å². The second-order valence-electron chi connectivity index (χ2n) is 5.89. The molecule has 2 bridgehead atoms. The molecule has 2 saturated carbocycles. The number of carbonyl (C=O) groups is 1. The fraction of sp³-hybridized carbons (Fsp3) is 0.786. The van der Waals surface area contributed by atoms with Gasteiger partial charge in [-0.3, -0.25) is 4.79 Å². The van der Waals surface area contributed by atoms with Crippen LogP contribution in [0.15, 0.2) is 12.2 Å². The fourth-order valence-electron chi connectivity index (χ4n) is 4.16. The van der Waals surface area contributed by atoms with Crippen molar-refractivity contribution in [3.63, 3.8) is 0 Å². The summed E-state index contributed by atoms with van der Waals surface area (Å²) < 4.78 is 0. The highest BCUT2D eigenvalue weighted by atomic mass is 16.4. The zero-order valence-electron chi connectivity index (χ0n) is 9.64. The Balaban J connectivity index is 1.58. The lowest BCUT2D eigenvalue weighted by molar-refractivity contribution is -0.143. The van der Waals surface area contributed by atoms with Gasteiger partial charge in [0.15, 0.2) is 0 Å². The predicted octanol–water partition coefficient (Wildman–Crippen LogP) is 3.09. The molecule has 0 amide bonds. The molecule has 88 valence electrons. The van der Waals surface area contributed by atoms with E-state index >= 15 is 0 Å². The monoisotopic (exact) mass is 220 g/mol. The van der Waals surface area contributed by atoms with E-state index in [4.69, 9.17) is 5.11 Å². The molecule has 0 heterocycles. The van der Waals surface area contributed by atoms with Gasteiger partial charge in [0.05, 0.1) is 5.92 Å². The number of rotatable bonds is 2. The second kappa shape index (κ2) is 3.90. The van der Waals surface area contributed by atoms with Gasteiger partial charge in [-0.2, -0.15) is 0 Å². The minimum absolute atomic E-state index is 0.0506. The largest absolute Gasteiger partial charge is 0.481 e. The molecule has 3 rings (SSSR count). The number of hydrogen-bond donors (Lipinski definition) is 1. The SMILES string of the molecule is O=C(O)C1CCC(C2CC3C=CC2C3)CC1. The first-order valence-electron chi connectivity index (χ1n) is 6.65. The lowest BCUT2D eigenvalue weighted by Gasteiger charge is -2.33. The van der Waals surface area contributed by atoms with Crippen LogP contribution < -0.4 is 0 Å². The summed E-state index contributed by atoms with van der Waals surface area (Å²) in [5.74, 6) is 2.75. The van der Waals surface area contributed by atoms with Crippen molar-refractivity contribution in [3.05, 3.63) is 12.2 Å². The van der Waals surface area contributed by atoms with E-state index in [-0.39, 0.29) is 5.92 Å². The molecule has 1 N–H and O–H groups in total. The molecule has 0 aromatic rings. The van der Waals surface area contributed by atoms with Crippen molar-refractivity contribution in [1.29, 1.82) is 0 Å². The number of carboxylic acids is 1. The van der Waals surface area contributed by atoms with Crippen LogP contribution in [0.4, 0.5) is 0 Å². The third kappa shape index (κ3) is 1.68. The van der Waals surface area contributed by atoms with Crippen molar-refractivity contribution in [3.8, 4) is 0 Å². The number of fused-ring (bicyclic) bond motifs is 2. The summed E-state index contributed by atoms with van der Waals surface area (Å²) in [6, 6.07) is 0. The Kier molecular flexibility index (Phi) is 2.53. The molecule has 0 radical (unpaired) electrons. The summed E-state index contributed by atoms with van der Waals surface area (Å²) in [6.07, 6.45) is 11.7. The fourth-order valence-corrected chi connectivity index (χ4v) is 4.16. The van der Waals surface area contributed by atoms with Crippen molar-refractivity contribution in [2.45, 2.75) is 38.5 Å². The van der Waals surface area contributed by atoms with E-state index in [1.165, 1.54) is 12.8 Å². The second-order valence-corrected chi connectivity index (χ2v) is 5.89. The molecule has 3 unspecified atom stereocenters. The highest BCUT2D eigenvalue weighted by molar-refractivity contribution is 5.69. The standard InChI is InChI=1S/C14H20O2/c15-14(16)11-5-3-10(4-6-11)13-8-9-1-2-12(13)7-9/h1-2,9-13H,3-8H2,(H,15,16). The lowest BCUT2D eigenvalue weighted by Crippen LogP contribution is -2.27. The summed E-state index contributed by atoms with van der Waals surface area (Å²) in [6.45, 7) is 0. The Morgan fingerprint density at radius 1 is 1.06 bits per heavy atom. The molecule has 3 aliphatic carbocycles. The minimum Gasteiger partial charge on any atom is -0.481 e. The Labute approximate surface area is 96.7 Å². The number of carboxylic acid groups (broad SMARTS) is 1. The molecule has 0 aromatic heterocycles. The zero-order chi connectivity index (χ0) is 11.1. The van der Waals surface area contributed by atoms with E-state index in [2.05, 4.69) is 12.2 Å². The topological polar surface area (TPSA) is 37.3 Å². The van der Waals surface area contributed by atoms with Gasteiger partial charge in [-0.1, -0.05) is 12.2 Å². The summed E-state index contributed by atoms with van der Waals surface area (Å²) in [4.78, 5) is 10.9. The lowest BCUT2D eigenvalue weighted by atomic mass is 9.72. The molecule has 0 aromatic carbocycles. The predicted molar refractivity (Wildman–Crippen MR) is 61.9 cm³/mol. The van der Waals surface area contributed by atoms with Crippen molar-refractivity contribution < 1.29 is 9.90 Å². The zero-order valence-corrected chi connectivity index (χ0v) is 9.64. The Hall–Kier alpha value is -0.790. The molecule has 0 saturated heterocycles. The summed E-state index contributed by atoms with van der Waals surface area (Å²) in [5, 5.41) is 8.98. The third-order valence-corrected chi connectivity index (χ3v) is 5.06. The molecule has 3 aliphatic rings. The Bertz CT molecular complexity index is 313. The van der Waals surface area contributed by atoms with Crippen molar-refractivity contribution in [2.24, 2.45) is 29.6 Å². The van der Waals surface area contributed by atoms with Crippen LogP contribution in [-0.2, 0) is 4.79 Å². The van der Waals surface area contributed by atoms with Crippen LogP contribution in [0.1, 0.15) is 38.5 Å². The molecular weight excluding hydrogens is 200 g/mol. The van der Waals surface area contributed by atoms with Crippen LogP contribution in [0, 0.1) is 29.6 Å². The molecule has 0 aliphatic heterocycles. The van der Waals surface area contributed by atoms with E-state index in [0.29, 0.717) is 0 Å². The van der Waals surface area contributed by atoms with Crippen LogP contribution >= 0.6 is 0 Å². The molecule has 3 atom stereocenters. The number of hydrogen-bond acceptors (Lipinski definition) is 1. The maximum absolute atomic E-state index is 10.9. The van der Waals surface area contributed by atoms with Crippen LogP contribution in [0.3, 0.4) is 0 Å². The third-order valence-electron chi connectivity index (χ3n) is 5.06. The van der Waals surface area contributed by atoms with Crippen LogP contribution in [0.2, 0.25) is 0 Å². The summed E-state index contributed by atoms with van der Waals surface area (Å²) in [7, 11) is 0. The average molecular weight is 220 g/mol. The van der Waals surface area contributed by atoms with Gasteiger partial charge in [-0.15, -0.1) is 0 Å². The Morgan fingerprint density at radius 2 is 1.81 bits per heavy atom. The van der Waals surface area contributed by atoms with Gasteiger partial charge < -0.3 is 5.11 Å². The van der Waals surface area contributed by atoms with Gasteiger partial charge >= 0.3 is 5.97 Å². The van der Waals surface area contributed by atoms with E-state index in [1.807, 2.05) is 0 Å². The minimum atomic E-state index is -0.578. The molecule has 16 heavy (non-hydrogen) atoms. The summed E-state index contributed by atoms with van der Waals surface area (Å²) >= 11 is 0. The van der Waals surface area contributed by atoms with Crippen LogP contribution in [0.5, 0.6) is 0 Å². The van der Waals surface area contributed by atoms with Gasteiger partial charge in [0, 0.05) is 0 Å². The maximum atomic E-state index is 10.9. The Morgan fingerprint density at radius 3 is 2.31 bits per heavy atom. The molecule has 2 nitrogen and oxygen atoms in total. The molecule has 2 heteroatoms. The van der Waals surface area contributed by atoms with Gasteiger partial charge in [-0.25, -0.2) is 0 Å². The number of aliphatic carboxylic acids is 1. The highest BCUT2D eigenvalue weighted by Gasteiger charge is 2.41. The number of allylic oxidation sites excluding steroid dienone is 2. The van der Waals surface area contributed by atoms with Gasteiger partial charge in [0.2, 0.25) is 0 Å². The molecule has 0 spiro atoms. The van der Waals surface area contributed by atoms with Crippen molar-refractivity contribution in [2.75, 3.05) is 0 Å². The van der Waals surface area contributed by atoms with Gasteiger partial charge in [0.1, 0.15) is 0 Å². The average Bonchev–Trinajstić information content (AvgIpc) is 2.91. The first-order chi connectivity index (χ1) is 7.74. The van der Waals surface area contributed by atoms with E-state index in [1.54, 1.807) is 0 Å². The first kappa shape index (κ1) is 10.4. The smallest absolute Gasteiger partial charge is 0.306 e. The van der Waals surface area contributed by atoms with E-state index in [9.17, 15) is 4.79 Å². The van der Waals surface area contributed by atoms with Crippen molar-refractivity contribution >= 4 is 5.97 Å². The van der Waals surface area contributed by atoms with E-state index in [0.717, 1.165) is 49.4 Å². The summed E-state index contributed by atoms with van der Waals surface area (Å²) in [5.41, 5.74) is 0. The van der Waals surface area contributed by atoms with Crippen molar-refractivity contribution in [1.82, 2.24) is 0 Å². The maximum Gasteiger partial charge on any atom is 0.306 e. The van der Waals surface area contributed by atoms with Crippen LogP contribution in [-0.4, -0.2) is 11.1 Å². The highest BCUT2D eigenvalue weighted by Crippen LogP contribution is 2.50. The normalized spacial score (nSPS) is 46.1. The molecular formula is C14H20O2. The van der Waals surface area contributed by atoms with E-state index < -0.39 is 5.97 Å². The van der Waals surface area contributed by atoms with Gasteiger partial charge in [-0.05, 0) is 62.2 Å². The quantitative estimate of drug-likeness (QED) is 0.726.